The van der Waals surface area contributed by atoms with Crippen LogP contribution in [-0.2, 0) is 32.7 Å². The Morgan fingerprint density at radius 2 is 1.64 bits per heavy atom. The third-order valence-corrected chi connectivity index (χ3v) is 9.83. The number of halogens is 2. The molecule has 1 aliphatic rings. The van der Waals surface area contributed by atoms with E-state index in [4.69, 9.17) is 0 Å². The highest BCUT2D eigenvalue weighted by Crippen LogP contribution is 2.31. The van der Waals surface area contributed by atoms with Crippen molar-refractivity contribution in [2.75, 3.05) is 24.5 Å². The van der Waals surface area contributed by atoms with E-state index in [9.17, 15) is 22.0 Å². The summed E-state index contributed by atoms with van der Waals surface area (Å²) in [5, 5.41) is 2.82. The molecule has 0 radical (unpaired) electrons. The summed E-state index contributed by atoms with van der Waals surface area (Å²) in [6.45, 7) is 7.98. The molecule has 2 aromatic carbocycles. The number of sulfonamides is 1. The zero-order valence-corrected chi connectivity index (χ0v) is 26.0. The smallest absolute Gasteiger partial charge is 0.273 e. The second-order valence-electron chi connectivity index (χ2n) is 11.9. The summed E-state index contributed by atoms with van der Waals surface area (Å²) in [5.41, 5.74) is 2.60. The number of amides is 1. The molecule has 1 amide bonds. The Hall–Kier alpha value is -4.03. The molecule has 0 unspecified atom stereocenters. The van der Waals surface area contributed by atoms with E-state index in [1.165, 1.54) is 35.5 Å². The van der Waals surface area contributed by atoms with Gasteiger partial charge in [0.1, 0.15) is 17.4 Å². The van der Waals surface area contributed by atoms with E-state index < -0.39 is 27.9 Å². The van der Waals surface area contributed by atoms with Gasteiger partial charge in [0.05, 0.1) is 22.8 Å². The number of fused-ring (bicyclic) bond motifs is 1. The number of hydrogen-bond acceptors (Lipinski definition) is 7. The number of aromatic nitrogens is 3. The predicted molar refractivity (Wildman–Crippen MR) is 165 cm³/mol. The van der Waals surface area contributed by atoms with E-state index in [0.717, 1.165) is 5.56 Å². The van der Waals surface area contributed by atoms with Gasteiger partial charge in [-0.15, -0.1) is 0 Å². The number of nitrogens with one attached hydrogen (secondary N) is 1. The molecule has 2 aromatic heterocycles. The molecule has 12 heteroatoms. The molecule has 1 saturated heterocycles. The van der Waals surface area contributed by atoms with Crippen molar-refractivity contribution in [3.05, 3.63) is 89.9 Å². The van der Waals surface area contributed by atoms with Gasteiger partial charge in [-0.25, -0.2) is 27.2 Å². The molecule has 0 spiro atoms. The van der Waals surface area contributed by atoms with Crippen molar-refractivity contribution in [3.63, 3.8) is 0 Å². The molecule has 3 heterocycles. The molecule has 1 fully saturated rings. The van der Waals surface area contributed by atoms with Crippen LogP contribution in [0.5, 0.6) is 0 Å². The number of benzene rings is 2. The Labute approximate surface area is 256 Å². The largest absolute Gasteiger partial charge is 0.352 e. The van der Waals surface area contributed by atoms with Crippen molar-refractivity contribution in [2.45, 2.75) is 62.9 Å². The summed E-state index contributed by atoms with van der Waals surface area (Å²) in [6, 6.07) is 13.2. The normalized spacial score (nSPS) is 16.7. The van der Waals surface area contributed by atoms with Gasteiger partial charge in [0.25, 0.3) is 5.92 Å². The van der Waals surface area contributed by atoms with Crippen molar-refractivity contribution in [1.82, 2.24) is 24.6 Å². The van der Waals surface area contributed by atoms with Gasteiger partial charge >= 0.3 is 0 Å². The number of carbonyl (C=O) groups excluding carboxylic acids is 1. The maximum atomic E-state index is 14.1. The zero-order valence-electron chi connectivity index (χ0n) is 25.2. The van der Waals surface area contributed by atoms with Crippen LogP contribution in [-0.4, -0.2) is 59.3 Å². The fraction of sp³-hybridized carbons (Fsp3) is 0.375. The van der Waals surface area contributed by atoms with Crippen molar-refractivity contribution in [3.8, 4) is 0 Å². The summed E-state index contributed by atoms with van der Waals surface area (Å²) in [5.74, 6) is -2.93. The minimum absolute atomic E-state index is 0.0398. The molecule has 0 bridgehead atoms. The molecule has 232 valence electrons. The molecule has 9 nitrogen and oxygen atoms in total. The van der Waals surface area contributed by atoms with Gasteiger partial charge < -0.3 is 10.2 Å². The maximum absolute atomic E-state index is 14.1. The van der Waals surface area contributed by atoms with Gasteiger partial charge in [-0.1, -0.05) is 64.1 Å². The van der Waals surface area contributed by atoms with Crippen LogP contribution < -0.4 is 10.2 Å². The van der Waals surface area contributed by atoms with E-state index in [0.29, 0.717) is 29.0 Å². The number of nitrogens with zero attached hydrogens (tertiary/aromatic N) is 5. The molecule has 44 heavy (non-hydrogen) atoms. The number of hydrogen-bond donors (Lipinski definition) is 1. The maximum Gasteiger partial charge on any atom is 0.273 e. The van der Waals surface area contributed by atoms with Crippen molar-refractivity contribution >= 4 is 32.8 Å². The fourth-order valence-electron chi connectivity index (χ4n) is 5.12. The third kappa shape index (κ3) is 6.56. The molecular weight excluding hydrogens is 586 g/mol. The highest BCUT2D eigenvalue weighted by Gasteiger charge is 2.41. The second kappa shape index (κ2) is 12.2. The first kappa shape index (κ1) is 31.4. The van der Waals surface area contributed by atoms with Gasteiger partial charge in [-0.05, 0) is 34.7 Å². The summed E-state index contributed by atoms with van der Waals surface area (Å²) in [4.78, 5) is 28.8. The molecule has 5 rings (SSSR count). The monoisotopic (exact) mass is 622 g/mol. The molecule has 4 aromatic rings. The predicted octanol–water partition coefficient (Wildman–Crippen LogP) is 5.02. The van der Waals surface area contributed by atoms with Gasteiger partial charge in [0, 0.05) is 44.4 Å². The second-order valence-corrected chi connectivity index (χ2v) is 13.8. The molecule has 0 aliphatic carbocycles. The molecular formula is C32H36F2N6O3S. The Morgan fingerprint density at radius 1 is 0.955 bits per heavy atom. The summed E-state index contributed by atoms with van der Waals surface area (Å²) in [6.07, 6.45) is 4.49. The average molecular weight is 623 g/mol. The van der Waals surface area contributed by atoms with E-state index in [2.05, 4.69) is 20.3 Å². The van der Waals surface area contributed by atoms with Crippen LogP contribution in [0.25, 0.3) is 11.0 Å². The Morgan fingerprint density at radius 3 is 2.30 bits per heavy atom. The van der Waals surface area contributed by atoms with Crippen molar-refractivity contribution in [2.24, 2.45) is 0 Å². The lowest BCUT2D eigenvalue weighted by molar-refractivity contribution is -0.125. The van der Waals surface area contributed by atoms with Crippen LogP contribution in [0, 0.1) is 0 Å². The van der Waals surface area contributed by atoms with E-state index in [-0.39, 0.29) is 41.9 Å². The number of alkyl halides is 2. The van der Waals surface area contributed by atoms with Crippen molar-refractivity contribution < 1.29 is 22.0 Å². The quantitative estimate of drug-likeness (QED) is 0.294. The standard InChI is InChI=1S/C32H36F2N6O3S/c1-5-32(33,34)24-8-6-22(7-9-24)18-37-30(41)28-21-39(29-20-36-27-19-35-15-14-26(27)38-29)16-17-40(28)44(42,43)25-12-10-23(11-13-25)31(2,3)4/h6-15,19-20,28H,5,16-18,21H2,1-4H3,(H,37,41)/t28-/m1/s1. The SMILES string of the molecule is CCC(F)(F)c1ccc(CNC(=O)[C@H]2CN(c3cnc4cnccc4n3)CCN2S(=O)(=O)c2ccc(C(C)(C)C)cc2)cc1. The number of anilines is 1. The van der Waals surface area contributed by atoms with Crippen LogP contribution in [0.4, 0.5) is 14.6 Å². The zero-order chi connectivity index (χ0) is 31.7. The molecule has 1 N–H and O–H groups in total. The van der Waals surface area contributed by atoms with Crippen LogP contribution in [0.3, 0.4) is 0 Å². The number of carbonyl (C=O) groups is 1. The Balaban J connectivity index is 1.41. The lowest BCUT2D eigenvalue weighted by Crippen LogP contribution is -2.60. The fourth-order valence-corrected chi connectivity index (χ4v) is 6.69. The average Bonchev–Trinajstić information content (AvgIpc) is 3.03. The summed E-state index contributed by atoms with van der Waals surface area (Å²) in [7, 11) is -4.05. The van der Waals surface area contributed by atoms with Crippen molar-refractivity contribution in [1.29, 1.82) is 0 Å². The molecule has 0 saturated carbocycles. The number of rotatable bonds is 8. The first-order valence-electron chi connectivity index (χ1n) is 14.5. The van der Waals surface area contributed by atoms with E-state index in [1.807, 2.05) is 25.7 Å². The minimum Gasteiger partial charge on any atom is -0.352 e. The first-order valence-corrected chi connectivity index (χ1v) is 15.9. The number of piperazine rings is 1. The first-order chi connectivity index (χ1) is 20.8. The van der Waals surface area contributed by atoms with Crippen LogP contribution >= 0.6 is 0 Å². The van der Waals surface area contributed by atoms with Gasteiger partial charge in [-0.2, -0.15) is 4.31 Å². The highest BCUT2D eigenvalue weighted by atomic mass is 32.2. The minimum atomic E-state index is -4.05. The van der Waals surface area contributed by atoms with Crippen LogP contribution in [0.2, 0.25) is 0 Å². The van der Waals surface area contributed by atoms with E-state index in [1.54, 1.807) is 48.9 Å². The van der Waals surface area contributed by atoms with E-state index >= 15 is 0 Å². The van der Waals surface area contributed by atoms with Crippen LogP contribution in [0.1, 0.15) is 50.8 Å². The lowest BCUT2D eigenvalue weighted by Gasteiger charge is -2.40. The Bertz CT molecular complexity index is 1740. The lowest BCUT2D eigenvalue weighted by atomic mass is 9.87. The summed E-state index contributed by atoms with van der Waals surface area (Å²) >= 11 is 0. The Kier molecular flexibility index (Phi) is 8.68. The van der Waals surface area contributed by atoms with Gasteiger partial charge in [-0.3, -0.25) is 9.78 Å². The number of pyridine rings is 1. The van der Waals surface area contributed by atoms with Crippen LogP contribution in [0.15, 0.2) is 78.1 Å². The molecule has 1 aliphatic heterocycles. The topological polar surface area (TPSA) is 108 Å². The highest BCUT2D eigenvalue weighted by molar-refractivity contribution is 7.89. The summed E-state index contributed by atoms with van der Waals surface area (Å²) < 4.78 is 57.2. The third-order valence-electron chi connectivity index (χ3n) is 7.90. The van der Waals surface area contributed by atoms with Gasteiger partial charge in [0.15, 0.2) is 0 Å². The molecule has 1 atom stereocenters. The van der Waals surface area contributed by atoms with Gasteiger partial charge in [0.2, 0.25) is 15.9 Å².